The molecule has 1 aromatic carbocycles. The molecule has 1 aromatic rings. The molecule has 0 saturated heterocycles. The summed E-state index contributed by atoms with van der Waals surface area (Å²) < 4.78 is 35.4. The fourth-order valence-corrected chi connectivity index (χ4v) is 1.17. The molecule has 16 heavy (non-hydrogen) atoms. The molecule has 3 nitrogen and oxygen atoms in total. The number of halogens is 4. The van der Waals surface area contributed by atoms with Gasteiger partial charge in [-0.05, 0) is 18.2 Å². The minimum atomic E-state index is -4.49. The van der Waals surface area contributed by atoms with Crippen molar-refractivity contribution in [1.82, 2.24) is 5.32 Å². The van der Waals surface area contributed by atoms with Gasteiger partial charge in [-0.15, -0.1) is 0 Å². The molecule has 0 aliphatic rings. The Morgan fingerprint density at radius 1 is 1.44 bits per heavy atom. The normalized spacial score (nSPS) is 11.2. The van der Waals surface area contributed by atoms with Gasteiger partial charge in [-0.3, -0.25) is 4.79 Å². The summed E-state index contributed by atoms with van der Waals surface area (Å²) in [5, 5.41) is 10.7. The molecule has 0 fully saturated rings. The first-order valence-electron chi connectivity index (χ1n) is 4.13. The largest absolute Gasteiger partial charge is 0.508 e. The molecule has 0 radical (unpaired) electrons. The maximum absolute atomic E-state index is 11.8. The Morgan fingerprint density at radius 3 is 2.62 bits per heavy atom. The van der Waals surface area contributed by atoms with E-state index in [9.17, 15) is 18.0 Å². The monoisotopic (exact) mass is 253 g/mol. The first kappa shape index (κ1) is 12.6. The van der Waals surface area contributed by atoms with Gasteiger partial charge in [0.1, 0.15) is 12.3 Å². The van der Waals surface area contributed by atoms with Crippen LogP contribution in [0.15, 0.2) is 18.2 Å². The van der Waals surface area contributed by atoms with Crippen LogP contribution in [0.5, 0.6) is 5.75 Å². The van der Waals surface area contributed by atoms with Crippen molar-refractivity contribution < 1.29 is 23.1 Å². The van der Waals surface area contributed by atoms with Gasteiger partial charge < -0.3 is 10.4 Å². The van der Waals surface area contributed by atoms with Crippen LogP contribution in [0.3, 0.4) is 0 Å². The predicted octanol–water partition coefficient (Wildman–Crippen LogP) is 2.34. The van der Waals surface area contributed by atoms with Crippen LogP contribution in [0.4, 0.5) is 13.2 Å². The number of hydrogen-bond donors (Lipinski definition) is 2. The number of benzene rings is 1. The predicted molar refractivity (Wildman–Crippen MR) is 51.5 cm³/mol. The number of phenolic OH excluding ortho intramolecular Hbond substituents is 1. The van der Waals surface area contributed by atoms with Crippen molar-refractivity contribution >= 4 is 17.5 Å². The third-order valence-corrected chi connectivity index (χ3v) is 1.97. The summed E-state index contributed by atoms with van der Waals surface area (Å²) in [5.41, 5.74) is -0.203. The van der Waals surface area contributed by atoms with Crippen molar-refractivity contribution in [2.75, 3.05) is 6.54 Å². The van der Waals surface area contributed by atoms with Crippen LogP contribution in [-0.4, -0.2) is 23.7 Å². The summed E-state index contributed by atoms with van der Waals surface area (Å²) >= 11 is 5.59. The van der Waals surface area contributed by atoms with Crippen LogP contribution in [0, 0.1) is 0 Å². The van der Waals surface area contributed by atoms with Crippen molar-refractivity contribution in [3.63, 3.8) is 0 Å². The van der Waals surface area contributed by atoms with Crippen LogP contribution in [0.1, 0.15) is 10.4 Å². The molecule has 0 aliphatic carbocycles. The van der Waals surface area contributed by atoms with Crippen LogP contribution in [0.25, 0.3) is 0 Å². The SMILES string of the molecule is O=C(NCC(F)(F)F)c1cc(O)ccc1Cl. The van der Waals surface area contributed by atoms with Gasteiger partial charge in [0, 0.05) is 0 Å². The summed E-state index contributed by atoms with van der Waals surface area (Å²) in [7, 11) is 0. The van der Waals surface area contributed by atoms with Gasteiger partial charge in [-0.2, -0.15) is 13.2 Å². The topological polar surface area (TPSA) is 49.3 Å². The Bertz CT molecular complexity index is 406. The average molecular weight is 254 g/mol. The Kier molecular flexibility index (Phi) is 3.64. The molecule has 0 aliphatic heterocycles. The molecule has 0 saturated carbocycles. The lowest BCUT2D eigenvalue weighted by molar-refractivity contribution is -0.123. The lowest BCUT2D eigenvalue weighted by Crippen LogP contribution is -2.33. The third-order valence-electron chi connectivity index (χ3n) is 1.64. The molecule has 0 heterocycles. The highest BCUT2D eigenvalue weighted by molar-refractivity contribution is 6.33. The van der Waals surface area contributed by atoms with Gasteiger partial charge in [0.15, 0.2) is 0 Å². The lowest BCUT2D eigenvalue weighted by atomic mass is 10.2. The second kappa shape index (κ2) is 4.61. The number of rotatable bonds is 2. The number of aromatic hydroxyl groups is 1. The van der Waals surface area contributed by atoms with Gasteiger partial charge in [0.25, 0.3) is 5.91 Å². The first-order valence-corrected chi connectivity index (χ1v) is 4.51. The van der Waals surface area contributed by atoms with Crippen molar-refractivity contribution in [1.29, 1.82) is 0 Å². The second-order valence-electron chi connectivity index (χ2n) is 2.96. The lowest BCUT2D eigenvalue weighted by Gasteiger charge is -2.09. The van der Waals surface area contributed by atoms with E-state index in [2.05, 4.69) is 0 Å². The molecule has 88 valence electrons. The van der Waals surface area contributed by atoms with E-state index in [1.165, 1.54) is 12.1 Å². The van der Waals surface area contributed by atoms with E-state index in [1.54, 1.807) is 5.32 Å². The molecule has 7 heteroatoms. The van der Waals surface area contributed by atoms with E-state index < -0.39 is 18.6 Å². The van der Waals surface area contributed by atoms with Gasteiger partial charge >= 0.3 is 6.18 Å². The Morgan fingerprint density at radius 2 is 2.06 bits per heavy atom. The Balaban J connectivity index is 2.77. The fraction of sp³-hybridized carbons (Fsp3) is 0.222. The molecule has 0 spiro atoms. The van der Waals surface area contributed by atoms with E-state index in [0.29, 0.717) is 0 Å². The molecule has 1 rings (SSSR count). The summed E-state index contributed by atoms with van der Waals surface area (Å²) in [4.78, 5) is 11.3. The third kappa shape index (κ3) is 3.62. The number of carbonyl (C=O) groups excluding carboxylic acids is 1. The van der Waals surface area contributed by atoms with Crippen molar-refractivity contribution in [3.8, 4) is 5.75 Å². The highest BCUT2D eigenvalue weighted by atomic mass is 35.5. The summed E-state index contributed by atoms with van der Waals surface area (Å²) in [6.45, 7) is -1.45. The van der Waals surface area contributed by atoms with Gasteiger partial charge in [-0.1, -0.05) is 11.6 Å². The second-order valence-corrected chi connectivity index (χ2v) is 3.37. The number of phenols is 1. The van der Waals surface area contributed by atoms with Crippen LogP contribution < -0.4 is 5.32 Å². The maximum atomic E-state index is 11.8. The molecule has 0 unspecified atom stereocenters. The van der Waals surface area contributed by atoms with Crippen LogP contribution in [-0.2, 0) is 0 Å². The fourth-order valence-electron chi connectivity index (χ4n) is 0.963. The zero-order valence-electron chi connectivity index (χ0n) is 7.81. The van der Waals surface area contributed by atoms with Crippen molar-refractivity contribution in [2.45, 2.75) is 6.18 Å². The number of hydrogen-bond acceptors (Lipinski definition) is 2. The average Bonchev–Trinajstić information content (AvgIpc) is 2.17. The zero-order valence-corrected chi connectivity index (χ0v) is 8.56. The molecule has 2 N–H and O–H groups in total. The van der Waals surface area contributed by atoms with E-state index >= 15 is 0 Å². The molecular weight excluding hydrogens is 247 g/mol. The van der Waals surface area contributed by atoms with Crippen molar-refractivity contribution in [3.05, 3.63) is 28.8 Å². The summed E-state index contributed by atoms with van der Waals surface area (Å²) in [6.07, 6.45) is -4.49. The Labute approximate surface area is 93.8 Å². The van der Waals surface area contributed by atoms with Gasteiger partial charge in [0.05, 0.1) is 10.6 Å². The van der Waals surface area contributed by atoms with Crippen LogP contribution in [0.2, 0.25) is 5.02 Å². The summed E-state index contributed by atoms with van der Waals surface area (Å²) in [5.74, 6) is -1.24. The van der Waals surface area contributed by atoms with E-state index in [-0.39, 0.29) is 16.3 Å². The maximum Gasteiger partial charge on any atom is 0.405 e. The molecular formula is C9H7ClF3NO2. The minimum absolute atomic E-state index is 0.0301. The van der Waals surface area contributed by atoms with Gasteiger partial charge in [-0.25, -0.2) is 0 Å². The molecule has 0 bridgehead atoms. The van der Waals surface area contributed by atoms with Crippen molar-refractivity contribution in [2.24, 2.45) is 0 Å². The summed E-state index contributed by atoms with van der Waals surface area (Å²) in [6, 6.07) is 3.44. The number of carbonyl (C=O) groups is 1. The number of alkyl halides is 3. The van der Waals surface area contributed by atoms with E-state index in [1.807, 2.05) is 0 Å². The highest BCUT2D eigenvalue weighted by Crippen LogP contribution is 2.21. The van der Waals surface area contributed by atoms with E-state index in [0.717, 1.165) is 6.07 Å². The number of nitrogens with one attached hydrogen (secondary N) is 1. The minimum Gasteiger partial charge on any atom is -0.508 e. The van der Waals surface area contributed by atoms with Gasteiger partial charge in [0.2, 0.25) is 0 Å². The quantitative estimate of drug-likeness (QED) is 0.850. The molecule has 0 aromatic heterocycles. The van der Waals surface area contributed by atoms with E-state index in [4.69, 9.17) is 16.7 Å². The highest BCUT2D eigenvalue weighted by Gasteiger charge is 2.28. The zero-order chi connectivity index (χ0) is 12.3. The van der Waals surface area contributed by atoms with Crippen LogP contribution >= 0.6 is 11.6 Å². The Hall–Kier alpha value is -1.43. The first-order chi connectivity index (χ1) is 7.29. The molecule has 0 atom stereocenters. The number of amides is 1. The standard InChI is InChI=1S/C9H7ClF3NO2/c10-7-2-1-5(15)3-6(7)8(16)14-4-9(11,12)13/h1-3,15H,4H2,(H,14,16). The smallest absolute Gasteiger partial charge is 0.405 e. The molecule has 1 amide bonds.